The zero-order chi connectivity index (χ0) is 13.3. The predicted octanol–water partition coefficient (Wildman–Crippen LogP) is 1.97. The first kappa shape index (κ1) is 13.4. The Bertz CT molecular complexity index is 580. The smallest absolute Gasteiger partial charge is 0.167 e. The van der Waals surface area contributed by atoms with Crippen molar-refractivity contribution in [1.82, 2.24) is 0 Å². The number of hydrogen-bond donors (Lipinski definition) is 0. The molecule has 0 spiro atoms. The molecule has 0 amide bonds. The van der Waals surface area contributed by atoms with Gasteiger partial charge in [0.05, 0.1) is 23.6 Å². The summed E-state index contributed by atoms with van der Waals surface area (Å²) in [6.45, 7) is 0. The van der Waals surface area contributed by atoms with Gasteiger partial charge in [-0.2, -0.15) is 0 Å². The summed E-state index contributed by atoms with van der Waals surface area (Å²) in [4.78, 5) is 12.2. The van der Waals surface area contributed by atoms with Gasteiger partial charge in [-0.15, -0.1) is 0 Å². The number of ether oxygens (including phenoxy) is 1. The van der Waals surface area contributed by atoms with Gasteiger partial charge in [0, 0.05) is 11.5 Å². The largest absolute Gasteiger partial charge is 0.495 e. The number of halogens is 1. The Morgan fingerprint density at radius 3 is 2.72 bits per heavy atom. The Kier molecular flexibility index (Phi) is 3.64. The van der Waals surface area contributed by atoms with Gasteiger partial charge in [-0.1, -0.05) is 11.6 Å². The first-order chi connectivity index (χ1) is 8.43. The molecule has 1 saturated heterocycles. The van der Waals surface area contributed by atoms with Crippen LogP contribution in [0.4, 0.5) is 0 Å². The lowest BCUT2D eigenvalue weighted by molar-refractivity contribution is 0.0933. The van der Waals surface area contributed by atoms with E-state index < -0.39 is 15.8 Å². The summed E-state index contributed by atoms with van der Waals surface area (Å²) in [7, 11) is -1.58. The molecular formula is C12H13ClO4S. The fourth-order valence-electron chi connectivity index (χ4n) is 2.05. The minimum absolute atomic E-state index is 0.0588. The highest BCUT2D eigenvalue weighted by molar-refractivity contribution is 7.91. The molecule has 2 rings (SSSR count). The highest BCUT2D eigenvalue weighted by atomic mass is 35.5. The lowest BCUT2D eigenvalue weighted by atomic mass is 9.97. The third-order valence-electron chi connectivity index (χ3n) is 3.04. The van der Waals surface area contributed by atoms with Crippen molar-refractivity contribution in [3.8, 4) is 5.75 Å². The number of methoxy groups -OCH3 is 1. The second-order valence-corrected chi connectivity index (χ2v) is 6.95. The molecule has 0 aromatic heterocycles. The summed E-state index contributed by atoms with van der Waals surface area (Å²) < 4.78 is 27.7. The van der Waals surface area contributed by atoms with Gasteiger partial charge in [-0.25, -0.2) is 8.42 Å². The molecule has 1 aromatic rings. The zero-order valence-electron chi connectivity index (χ0n) is 9.85. The molecule has 18 heavy (non-hydrogen) atoms. The van der Waals surface area contributed by atoms with Crippen LogP contribution in [0.3, 0.4) is 0 Å². The average Bonchev–Trinajstić information content (AvgIpc) is 2.69. The summed E-state index contributed by atoms with van der Waals surface area (Å²) in [5, 5.41) is 0.424. The first-order valence-electron chi connectivity index (χ1n) is 5.51. The van der Waals surface area contributed by atoms with Gasteiger partial charge in [0.2, 0.25) is 0 Å². The van der Waals surface area contributed by atoms with E-state index in [-0.39, 0.29) is 17.3 Å². The van der Waals surface area contributed by atoms with E-state index in [1.54, 1.807) is 18.2 Å². The summed E-state index contributed by atoms with van der Waals surface area (Å²) >= 11 is 5.87. The molecule has 0 aliphatic carbocycles. The molecule has 1 aliphatic rings. The lowest BCUT2D eigenvalue weighted by Crippen LogP contribution is -2.16. The van der Waals surface area contributed by atoms with Gasteiger partial charge in [-0.05, 0) is 24.6 Å². The van der Waals surface area contributed by atoms with E-state index in [9.17, 15) is 13.2 Å². The minimum Gasteiger partial charge on any atom is -0.495 e. The third kappa shape index (κ3) is 2.67. The molecule has 1 unspecified atom stereocenters. The SMILES string of the molecule is COc1cc(C(=O)C2CCS(=O)(=O)C2)ccc1Cl. The molecule has 1 aromatic carbocycles. The molecule has 0 saturated carbocycles. The van der Waals surface area contributed by atoms with Crippen LogP contribution in [0.15, 0.2) is 18.2 Å². The maximum absolute atomic E-state index is 12.2. The van der Waals surface area contributed by atoms with E-state index in [2.05, 4.69) is 0 Å². The van der Waals surface area contributed by atoms with Crippen LogP contribution in [0.1, 0.15) is 16.8 Å². The Balaban J connectivity index is 2.24. The van der Waals surface area contributed by atoms with Crippen molar-refractivity contribution in [3.63, 3.8) is 0 Å². The standard InChI is InChI=1S/C12H13ClO4S/c1-17-11-6-8(2-3-10(11)13)12(14)9-4-5-18(15,16)7-9/h2-3,6,9H,4-5,7H2,1H3. The van der Waals surface area contributed by atoms with Crippen LogP contribution in [-0.4, -0.2) is 32.8 Å². The van der Waals surface area contributed by atoms with E-state index in [4.69, 9.17) is 16.3 Å². The number of sulfone groups is 1. The number of carbonyl (C=O) groups excluding carboxylic acids is 1. The van der Waals surface area contributed by atoms with E-state index >= 15 is 0 Å². The minimum atomic E-state index is -3.05. The average molecular weight is 289 g/mol. The molecule has 6 heteroatoms. The number of benzene rings is 1. The predicted molar refractivity (Wildman–Crippen MR) is 69.1 cm³/mol. The molecule has 0 N–H and O–H groups in total. The highest BCUT2D eigenvalue weighted by Crippen LogP contribution is 2.28. The quantitative estimate of drug-likeness (QED) is 0.798. The summed E-state index contributed by atoms with van der Waals surface area (Å²) in [6, 6.07) is 4.73. The van der Waals surface area contributed by atoms with Crippen LogP contribution in [0.2, 0.25) is 5.02 Å². The fourth-order valence-corrected chi connectivity index (χ4v) is 3.99. The van der Waals surface area contributed by atoms with Gasteiger partial charge in [0.1, 0.15) is 5.75 Å². The van der Waals surface area contributed by atoms with Crippen LogP contribution in [0.5, 0.6) is 5.75 Å². The fraction of sp³-hybridized carbons (Fsp3) is 0.417. The van der Waals surface area contributed by atoms with Gasteiger partial charge in [-0.3, -0.25) is 4.79 Å². The lowest BCUT2D eigenvalue weighted by Gasteiger charge is -2.09. The summed E-state index contributed by atoms with van der Waals surface area (Å²) in [5.74, 6) is -0.152. The van der Waals surface area contributed by atoms with Crippen LogP contribution in [0, 0.1) is 5.92 Å². The monoisotopic (exact) mass is 288 g/mol. The summed E-state index contributed by atoms with van der Waals surface area (Å²) in [6.07, 6.45) is 0.395. The molecular weight excluding hydrogens is 276 g/mol. The number of carbonyl (C=O) groups is 1. The summed E-state index contributed by atoms with van der Waals surface area (Å²) in [5.41, 5.74) is 0.443. The molecule has 98 valence electrons. The van der Waals surface area contributed by atoms with Crippen LogP contribution >= 0.6 is 11.6 Å². The van der Waals surface area contributed by atoms with E-state index in [1.165, 1.54) is 7.11 Å². The van der Waals surface area contributed by atoms with E-state index in [0.717, 1.165) is 0 Å². The molecule has 1 aliphatic heterocycles. The van der Waals surface area contributed by atoms with Crippen LogP contribution in [-0.2, 0) is 9.84 Å². The van der Waals surface area contributed by atoms with Gasteiger partial charge >= 0.3 is 0 Å². The molecule has 4 nitrogen and oxygen atoms in total. The number of ketones is 1. The van der Waals surface area contributed by atoms with Crippen molar-refractivity contribution in [2.24, 2.45) is 5.92 Å². The van der Waals surface area contributed by atoms with Gasteiger partial charge < -0.3 is 4.74 Å². The first-order valence-corrected chi connectivity index (χ1v) is 7.71. The molecule has 0 radical (unpaired) electrons. The Morgan fingerprint density at radius 2 is 2.17 bits per heavy atom. The second kappa shape index (κ2) is 4.90. The molecule has 1 atom stereocenters. The normalized spacial score (nSPS) is 21.8. The number of Topliss-reactive ketones (excluding diaryl/α,β-unsaturated/α-hetero) is 1. The number of rotatable bonds is 3. The van der Waals surface area contributed by atoms with E-state index in [1.807, 2.05) is 0 Å². The maximum Gasteiger partial charge on any atom is 0.167 e. The topological polar surface area (TPSA) is 60.4 Å². The van der Waals surface area contributed by atoms with Crippen molar-refractivity contribution in [3.05, 3.63) is 28.8 Å². The number of hydrogen-bond acceptors (Lipinski definition) is 4. The Hall–Kier alpha value is -1.07. The molecule has 1 heterocycles. The second-order valence-electron chi connectivity index (χ2n) is 4.31. The van der Waals surface area contributed by atoms with Crippen LogP contribution in [0.25, 0.3) is 0 Å². The van der Waals surface area contributed by atoms with Gasteiger partial charge in [0.15, 0.2) is 15.6 Å². The van der Waals surface area contributed by atoms with Crippen molar-refractivity contribution in [2.45, 2.75) is 6.42 Å². The van der Waals surface area contributed by atoms with Gasteiger partial charge in [0.25, 0.3) is 0 Å². The third-order valence-corrected chi connectivity index (χ3v) is 5.12. The molecule has 0 bridgehead atoms. The van der Waals surface area contributed by atoms with Crippen molar-refractivity contribution in [2.75, 3.05) is 18.6 Å². The van der Waals surface area contributed by atoms with Crippen LogP contribution < -0.4 is 4.74 Å². The Labute approximate surface area is 111 Å². The van der Waals surface area contributed by atoms with Crippen molar-refractivity contribution < 1.29 is 17.9 Å². The maximum atomic E-state index is 12.2. The zero-order valence-corrected chi connectivity index (χ0v) is 11.4. The molecule has 1 fully saturated rings. The van der Waals surface area contributed by atoms with E-state index in [0.29, 0.717) is 22.8 Å². The van der Waals surface area contributed by atoms with Crippen molar-refractivity contribution in [1.29, 1.82) is 0 Å². The Morgan fingerprint density at radius 1 is 1.44 bits per heavy atom. The highest BCUT2D eigenvalue weighted by Gasteiger charge is 2.33. The van der Waals surface area contributed by atoms with Crippen molar-refractivity contribution >= 4 is 27.2 Å².